The maximum atomic E-state index is 12.6. The van der Waals surface area contributed by atoms with Crippen molar-refractivity contribution in [2.75, 3.05) is 6.54 Å². The summed E-state index contributed by atoms with van der Waals surface area (Å²) in [5.41, 5.74) is 1.84. The summed E-state index contributed by atoms with van der Waals surface area (Å²) in [7, 11) is 0. The molecule has 4 rings (SSSR count). The monoisotopic (exact) mass is 329 g/mol. The zero-order valence-corrected chi connectivity index (χ0v) is 13.7. The van der Waals surface area contributed by atoms with Crippen LogP contribution in [0.15, 0.2) is 12.7 Å². The minimum absolute atomic E-state index is 0.0683. The molecule has 1 fully saturated rings. The molecule has 8 heteroatoms. The van der Waals surface area contributed by atoms with E-state index in [0.717, 1.165) is 30.2 Å². The molecular weight excluding hydrogens is 306 g/mol. The predicted molar refractivity (Wildman–Crippen MR) is 87.0 cm³/mol. The molecule has 0 spiro atoms. The maximum Gasteiger partial charge on any atom is 0.243 e. The Morgan fingerprint density at radius 2 is 2.21 bits per heavy atom. The molecule has 1 amide bonds. The first-order valence-corrected chi connectivity index (χ1v) is 8.74. The third kappa shape index (κ3) is 2.93. The Morgan fingerprint density at radius 3 is 3.08 bits per heavy atom. The third-order valence-corrected chi connectivity index (χ3v) is 5.05. The van der Waals surface area contributed by atoms with Gasteiger partial charge < -0.3 is 20.2 Å². The van der Waals surface area contributed by atoms with Gasteiger partial charge in [-0.1, -0.05) is 19.3 Å². The highest BCUT2D eigenvalue weighted by Crippen LogP contribution is 2.28. The highest BCUT2D eigenvalue weighted by Gasteiger charge is 2.28. The van der Waals surface area contributed by atoms with Gasteiger partial charge in [0.2, 0.25) is 5.91 Å². The number of hydrogen-bond donors (Lipinski definition) is 3. The summed E-state index contributed by atoms with van der Waals surface area (Å²) in [5, 5.41) is 14.5. The second kappa shape index (κ2) is 6.72. The summed E-state index contributed by atoms with van der Waals surface area (Å²) < 4.78 is 2.13. The fourth-order valence-corrected chi connectivity index (χ4v) is 3.76. The molecule has 3 N–H and O–H groups in total. The Hall–Kier alpha value is -2.22. The lowest BCUT2D eigenvalue weighted by Crippen LogP contribution is -2.41. The minimum Gasteiger partial charge on any atom is -0.348 e. The van der Waals surface area contributed by atoms with Crippen LogP contribution in [0.1, 0.15) is 61.4 Å². The van der Waals surface area contributed by atoms with Crippen molar-refractivity contribution in [1.29, 1.82) is 0 Å². The fraction of sp³-hybridized carbons (Fsp3) is 0.625. The molecule has 0 bridgehead atoms. The van der Waals surface area contributed by atoms with Crippen LogP contribution < -0.4 is 10.6 Å². The number of rotatable bonds is 4. The number of amides is 1. The van der Waals surface area contributed by atoms with E-state index in [1.54, 1.807) is 12.7 Å². The van der Waals surface area contributed by atoms with Crippen LogP contribution in [-0.2, 0) is 17.8 Å². The van der Waals surface area contributed by atoms with Crippen molar-refractivity contribution in [3.63, 3.8) is 0 Å². The average Bonchev–Trinajstić information content (AvgIpc) is 3.29. The van der Waals surface area contributed by atoms with E-state index in [1.165, 1.54) is 32.1 Å². The third-order valence-electron chi connectivity index (χ3n) is 5.05. The van der Waals surface area contributed by atoms with E-state index < -0.39 is 6.04 Å². The molecule has 1 aliphatic heterocycles. The molecule has 0 radical (unpaired) electrons. The van der Waals surface area contributed by atoms with E-state index in [1.807, 2.05) is 0 Å². The normalized spacial score (nSPS) is 21.4. The lowest BCUT2D eigenvalue weighted by Gasteiger charge is -2.25. The number of nitrogens with zero attached hydrogens (tertiary/aromatic N) is 4. The average molecular weight is 329 g/mol. The Labute approximate surface area is 140 Å². The Morgan fingerprint density at radius 1 is 1.33 bits per heavy atom. The van der Waals surface area contributed by atoms with Gasteiger partial charge in [0.25, 0.3) is 0 Å². The molecule has 1 aliphatic carbocycles. The largest absolute Gasteiger partial charge is 0.348 e. The number of imidazole rings is 1. The SMILES string of the molecule is O=C(NCc1nncn1C1CCCCC1)C1NCCc2[nH]cnc21. The van der Waals surface area contributed by atoms with E-state index in [0.29, 0.717) is 12.6 Å². The van der Waals surface area contributed by atoms with E-state index in [2.05, 4.69) is 35.4 Å². The van der Waals surface area contributed by atoms with E-state index in [4.69, 9.17) is 0 Å². The molecule has 8 nitrogen and oxygen atoms in total. The van der Waals surface area contributed by atoms with Crippen LogP contribution in [0, 0.1) is 0 Å². The van der Waals surface area contributed by atoms with Gasteiger partial charge in [-0.05, 0) is 12.8 Å². The zero-order chi connectivity index (χ0) is 16.4. The number of hydrogen-bond acceptors (Lipinski definition) is 5. The zero-order valence-electron chi connectivity index (χ0n) is 13.7. The second-order valence-electron chi connectivity index (χ2n) is 6.57. The van der Waals surface area contributed by atoms with Gasteiger partial charge in [-0.3, -0.25) is 4.79 Å². The molecule has 1 saturated carbocycles. The van der Waals surface area contributed by atoms with Gasteiger partial charge in [0.05, 0.1) is 18.6 Å². The summed E-state index contributed by atoms with van der Waals surface area (Å²) in [4.78, 5) is 19.9. The van der Waals surface area contributed by atoms with Crippen LogP contribution >= 0.6 is 0 Å². The van der Waals surface area contributed by atoms with Gasteiger partial charge in [-0.2, -0.15) is 0 Å². The molecule has 2 aliphatic rings. The fourth-order valence-electron chi connectivity index (χ4n) is 3.76. The lowest BCUT2D eigenvalue weighted by atomic mass is 9.95. The van der Waals surface area contributed by atoms with Crippen molar-refractivity contribution in [3.8, 4) is 0 Å². The minimum atomic E-state index is -0.397. The van der Waals surface area contributed by atoms with Gasteiger partial charge in [-0.25, -0.2) is 4.98 Å². The number of carbonyl (C=O) groups is 1. The van der Waals surface area contributed by atoms with Crippen LogP contribution in [0.3, 0.4) is 0 Å². The van der Waals surface area contributed by atoms with Gasteiger partial charge in [0, 0.05) is 24.7 Å². The Bertz CT molecular complexity index is 701. The molecule has 2 aromatic heterocycles. The van der Waals surface area contributed by atoms with Gasteiger partial charge in [-0.15, -0.1) is 10.2 Å². The van der Waals surface area contributed by atoms with Crippen molar-refractivity contribution in [3.05, 3.63) is 29.9 Å². The number of aromatic nitrogens is 5. The molecular formula is C16H23N7O. The summed E-state index contributed by atoms with van der Waals surface area (Å²) in [6.07, 6.45) is 10.5. The maximum absolute atomic E-state index is 12.6. The second-order valence-corrected chi connectivity index (χ2v) is 6.57. The first-order chi connectivity index (χ1) is 11.8. The molecule has 3 heterocycles. The van der Waals surface area contributed by atoms with Crippen LogP contribution in [0.25, 0.3) is 0 Å². The summed E-state index contributed by atoms with van der Waals surface area (Å²) in [6.45, 7) is 1.17. The molecule has 1 unspecified atom stereocenters. The molecule has 128 valence electrons. The van der Waals surface area contributed by atoms with Crippen LogP contribution in [-0.4, -0.2) is 37.2 Å². The van der Waals surface area contributed by atoms with E-state index in [9.17, 15) is 4.79 Å². The predicted octanol–water partition coefficient (Wildman–Crippen LogP) is 1.01. The first-order valence-electron chi connectivity index (χ1n) is 8.74. The number of aromatic amines is 1. The van der Waals surface area contributed by atoms with Gasteiger partial charge in [0.1, 0.15) is 12.4 Å². The highest BCUT2D eigenvalue weighted by atomic mass is 16.2. The Balaban J connectivity index is 1.41. The van der Waals surface area contributed by atoms with E-state index >= 15 is 0 Å². The number of fused-ring (bicyclic) bond motifs is 1. The highest BCUT2D eigenvalue weighted by molar-refractivity contribution is 5.83. The Kier molecular flexibility index (Phi) is 4.29. The summed E-state index contributed by atoms with van der Waals surface area (Å²) in [5.74, 6) is 0.759. The quantitative estimate of drug-likeness (QED) is 0.777. The number of H-pyrrole nitrogens is 1. The smallest absolute Gasteiger partial charge is 0.243 e. The topological polar surface area (TPSA) is 101 Å². The van der Waals surface area contributed by atoms with E-state index in [-0.39, 0.29) is 5.91 Å². The summed E-state index contributed by atoms with van der Waals surface area (Å²) in [6, 6.07) is 0.0671. The van der Waals surface area contributed by atoms with Gasteiger partial charge in [0.15, 0.2) is 5.82 Å². The molecule has 0 aromatic carbocycles. The van der Waals surface area contributed by atoms with Crippen molar-refractivity contribution < 1.29 is 4.79 Å². The number of nitrogens with one attached hydrogen (secondary N) is 3. The first kappa shape index (κ1) is 15.3. The van der Waals surface area contributed by atoms with Crippen LogP contribution in [0.5, 0.6) is 0 Å². The standard InChI is InChI=1S/C16H23N7O/c24-16(15-14-12(6-7-17-15)19-9-20-14)18-8-13-22-21-10-23(13)11-4-2-1-3-5-11/h9-11,15,17H,1-8H2,(H,18,24)(H,19,20). The number of carbonyl (C=O) groups excluding carboxylic acids is 1. The summed E-state index contributed by atoms with van der Waals surface area (Å²) >= 11 is 0. The molecule has 0 saturated heterocycles. The lowest BCUT2D eigenvalue weighted by molar-refractivity contribution is -0.123. The molecule has 24 heavy (non-hydrogen) atoms. The van der Waals surface area contributed by atoms with Crippen molar-refractivity contribution in [1.82, 2.24) is 35.4 Å². The van der Waals surface area contributed by atoms with Crippen molar-refractivity contribution in [2.45, 2.75) is 57.2 Å². The molecule has 1 atom stereocenters. The van der Waals surface area contributed by atoms with Crippen LogP contribution in [0.4, 0.5) is 0 Å². The molecule has 2 aromatic rings. The van der Waals surface area contributed by atoms with Gasteiger partial charge >= 0.3 is 0 Å². The van der Waals surface area contributed by atoms with Crippen molar-refractivity contribution >= 4 is 5.91 Å². The van der Waals surface area contributed by atoms with Crippen molar-refractivity contribution in [2.24, 2.45) is 0 Å². The van der Waals surface area contributed by atoms with Crippen LogP contribution in [0.2, 0.25) is 0 Å².